The highest BCUT2D eigenvalue weighted by atomic mass is 16.6. The van der Waals surface area contributed by atoms with Crippen molar-refractivity contribution in [3.63, 3.8) is 0 Å². The highest BCUT2D eigenvalue weighted by Gasteiger charge is 2.43. The molecule has 1 fully saturated rings. The molecule has 6 heteroatoms. The zero-order valence-electron chi connectivity index (χ0n) is 15.4. The number of methoxy groups -OCH3 is 1. The monoisotopic (exact) mass is 349 g/mol. The average molecular weight is 349 g/mol. The third kappa shape index (κ3) is 4.87. The van der Waals surface area contributed by atoms with Crippen molar-refractivity contribution >= 4 is 12.1 Å². The smallest absolute Gasteiger partial charge is 0.410 e. The molecule has 25 heavy (non-hydrogen) atoms. The molecule has 0 unspecified atom stereocenters. The van der Waals surface area contributed by atoms with Crippen LogP contribution in [0.25, 0.3) is 0 Å². The Hall–Kier alpha value is -2.24. The fourth-order valence-electron chi connectivity index (χ4n) is 3.04. The fourth-order valence-corrected chi connectivity index (χ4v) is 3.04. The summed E-state index contributed by atoms with van der Waals surface area (Å²) >= 11 is 0. The number of carbonyl (C=O) groups is 2. The standard InChI is InChI=1S/C19H27NO5/c1-18(2,3)25-17(23)20-11-9-19(10-12-20,16(21)22)13-14-5-7-15(24-4)8-6-14/h5-8H,9-13H2,1-4H3,(H,21,22). The summed E-state index contributed by atoms with van der Waals surface area (Å²) in [6.45, 7) is 6.23. The van der Waals surface area contributed by atoms with Gasteiger partial charge in [0, 0.05) is 13.1 Å². The number of carboxylic acid groups (broad SMARTS) is 1. The molecule has 0 aliphatic carbocycles. The number of likely N-dealkylation sites (tertiary alicyclic amines) is 1. The predicted molar refractivity (Wildman–Crippen MR) is 93.8 cm³/mol. The van der Waals surface area contributed by atoms with Crippen molar-refractivity contribution < 1.29 is 24.2 Å². The lowest BCUT2D eigenvalue weighted by molar-refractivity contribution is -0.152. The zero-order chi connectivity index (χ0) is 18.7. The van der Waals surface area contributed by atoms with Gasteiger partial charge in [-0.25, -0.2) is 4.79 Å². The number of amides is 1. The molecule has 1 heterocycles. The van der Waals surface area contributed by atoms with Gasteiger partial charge in [0.25, 0.3) is 0 Å². The zero-order valence-corrected chi connectivity index (χ0v) is 15.4. The molecule has 1 aromatic rings. The summed E-state index contributed by atoms with van der Waals surface area (Å²) < 4.78 is 10.5. The fraction of sp³-hybridized carbons (Fsp3) is 0.579. The van der Waals surface area contributed by atoms with E-state index in [0.29, 0.717) is 32.4 Å². The first-order chi connectivity index (χ1) is 11.6. The molecular weight excluding hydrogens is 322 g/mol. The number of benzene rings is 1. The van der Waals surface area contributed by atoms with Gasteiger partial charge in [-0.05, 0) is 57.7 Å². The summed E-state index contributed by atoms with van der Waals surface area (Å²) in [5, 5.41) is 9.80. The van der Waals surface area contributed by atoms with Crippen LogP contribution in [0.4, 0.5) is 4.79 Å². The molecule has 1 saturated heterocycles. The van der Waals surface area contributed by atoms with Crippen LogP contribution in [0.1, 0.15) is 39.2 Å². The van der Waals surface area contributed by atoms with E-state index < -0.39 is 17.0 Å². The second kappa shape index (κ2) is 7.33. The summed E-state index contributed by atoms with van der Waals surface area (Å²) in [7, 11) is 1.60. The molecule has 2 rings (SSSR count). The van der Waals surface area contributed by atoms with Crippen molar-refractivity contribution in [3.8, 4) is 5.75 Å². The minimum Gasteiger partial charge on any atom is -0.497 e. The van der Waals surface area contributed by atoms with E-state index in [1.54, 1.807) is 12.0 Å². The summed E-state index contributed by atoms with van der Waals surface area (Å²) in [5.41, 5.74) is -0.455. The molecule has 0 aromatic heterocycles. The highest BCUT2D eigenvalue weighted by Crippen LogP contribution is 2.36. The summed E-state index contributed by atoms with van der Waals surface area (Å²) in [6.07, 6.45) is 0.881. The number of hydrogen-bond donors (Lipinski definition) is 1. The van der Waals surface area contributed by atoms with E-state index >= 15 is 0 Å². The summed E-state index contributed by atoms with van der Waals surface area (Å²) in [5.74, 6) is -0.0694. The lowest BCUT2D eigenvalue weighted by Crippen LogP contribution is -2.48. The topological polar surface area (TPSA) is 76.1 Å². The Kier molecular flexibility index (Phi) is 5.60. The van der Waals surface area contributed by atoms with E-state index in [1.807, 2.05) is 45.0 Å². The largest absolute Gasteiger partial charge is 0.497 e. The van der Waals surface area contributed by atoms with Gasteiger partial charge in [-0.3, -0.25) is 4.79 Å². The molecular formula is C19H27NO5. The van der Waals surface area contributed by atoms with Crippen LogP contribution in [0.3, 0.4) is 0 Å². The van der Waals surface area contributed by atoms with Crippen molar-refractivity contribution in [1.82, 2.24) is 4.90 Å². The second-order valence-electron chi connectivity index (χ2n) is 7.58. The first-order valence-corrected chi connectivity index (χ1v) is 8.49. The maximum atomic E-state index is 12.2. The Morgan fingerprint density at radius 3 is 2.16 bits per heavy atom. The molecule has 0 saturated carbocycles. The van der Waals surface area contributed by atoms with E-state index in [-0.39, 0.29) is 6.09 Å². The molecule has 1 N–H and O–H groups in total. The van der Waals surface area contributed by atoms with E-state index in [1.165, 1.54) is 0 Å². The van der Waals surface area contributed by atoms with Crippen LogP contribution < -0.4 is 4.74 Å². The molecule has 1 aliphatic heterocycles. The molecule has 1 aromatic carbocycles. The quantitative estimate of drug-likeness (QED) is 0.902. The van der Waals surface area contributed by atoms with Crippen molar-refractivity contribution in [3.05, 3.63) is 29.8 Å². The van der Waals surface area contributed by atoms with Gasteiger partial charge < -0.3 is 19.5 Å². The van der Waals surface area contributed by atoms with E-state index in [9.17, 15) is 14.7 Å². The lowest BCUT2D eigenvalue weighted by atomic mass is 9.74. The predicted octanol–water partition coefficient (Wildman–Crippen LogP) is 3.34. The number of ether oxygens (including phenoxy) is 2. The third-order valence-electron chi connectivity index (χ3n) is 4.53. The second-order valence-corrected chi connectivity index (χ2v) is 7.58. The lowest BCUT2D eigenvalue weighted by Gasteiger charge is -2.39. The van der Waals surface area contributed by atoms with Gasteiger partial charge in [-0.15, -0.1) is 0 Å². The number of carboxylic acids is 1. The van der Waals surface area contributed by atoms with Crippen molar-refractivity contribution in [2.75, 3.05) is 20.2 Å². The molecule has 0 radical (unpaired) electrons. The van der Waals surface area contributed by atoms with Gasteiger partial charge in [0.15, 0.2) is 0 Å². The van der Waals surface area contributed by atoms with Crippen LogP contribution in [0.5, 0.6) is 5.75 Å². The minimum absolute atomic E-state index is 0.379. The van der Waals surface area contributed by atoms with Gasteiger partial charge in [0.05, 0.1) is 12.5 Å². The van der Waals surface area contributed by atoms with Gasteiger partial charge in [-0.1, -0.05) is 12.1 Å². The number of piperidine rings is 1. The number of hydrogen-bond acceptors (Lipinski definition) is 4. The average Bonchev–Trinajstić information content (AvgIpc) is 2.54. The molecule has 1 amide bonds. The SMILES string of the molecule is COc1ccc(CC2(C(=O)O)CCN(C(=O)OC(C)(C)C)CC2)cc1. The Morgan fingerprint density at radius 2 is 1.72 bits per heavy atom. The Labute approximate surface area is 148 Å². The number of rotatable bonds is 4. The van der Waals surface area contributed by atoms with Crippen molar-refractivity contribution in [2.24, 2.45) is 5.41 Å². The molecule has 0 spiro atoms. The first kappa shape index (κ1) is 19.1. The van der Waals surface area contributed by atoms with Crippen LogP contribution in [0, 0.1) is 5.41 Å². The minimum atomic E-state index is -0.854. The van der Waals surface area contributed by atoms with Gasteiger partial charge in [0.2, 0.25) is 0 Å². The Balaban J connectivity index is 2.05. The summed E-state index contributed by atoms with van der Waals surface area (Å²) in [6, 6.07) is 7.45. The Morgan fingerprint density at radius 1 is 1.16 bits per heavy atom. The molecule has 6 nitrogen and oxygen atoms in total. The number of aliphatic carboxylic acids is 1. The first-order valence-electron chi connectivity index (χ1n) is 8.49. The number of carbonyl (C=O) groups excluding carboxylic acids is 1. The van der Waals surface area contributed by atoms with Crippen LogP contribution >= 0.6 is 0 Å². The third-order valence-corrected chi connectivity index (χ3v) is 4.53. The van der Waals surface area contributed by atoms with Gasteiger partial charge >= 0.3 is 12.1 Å². The van der Waals surface area contributed by atoms with Crippen LogP contribution in [-0.2, 0) is 16.0 Å². The molecule has 0 atom stereocenters. The molecule has 1 aliphatic rings. The van der Waals surface area contributed by atoms with E-state index in [4.69, 9.17) is 9.47 Å². The molecule has 138 valence electrons. The maximum absolute atomic E-state index is 12.2. The van der Waals surface area contributed by atoms with Crippen LogP contribution in [-0.4, -0.2) is 47.9 Å². The Bertz CT molecular complexity index is 610. The van der Waals surface area contributed by atoms with Gasteiger partial charge in [0.1, 0.15) is 11.4 Å². The van der Waals surface area contributed by atoms with Crippen molar-refractivity contribution in [2.45, 2.75) is 45.6 Å². The maximum Gasteiger partial charge on any atom is 0.410 e. The van der Waals surface area contributed by atoms with E-state index in [0.717, 1.165) is 11.3 Å². The van der Waals surface area contributed by atoms with Crippen LogP contribution in [0.2, 0.25) is 0 Å². The number of nitrogens with zero attached hydrogens (tertiary/aromatic N) is 1. The highest BCUT2D eigenvalue weighted by molar-refractivity contribution is 5.76. The molecule has 0 bridgehead atoms. The van der Waals surface area contributed by atoms with E-state index in [2.05, 4.69) is 0 Å². The summed E-state index contributed by atoms with van der Waals surface area (Å²) in [4.78, 5) is 25.7. The normalized spacial score (nSPS) is 17.0. The van der Waals surface area contributed by atoms with Crippen LogP contribution in [0.15, 0.2) is 24.3 Å². The van der Waals surface area contributed by atoms with Gasteiger partial charge in [-0.2, -0.15) is 0 Å². The van der Waals surface area contributed by atoms with Crippen molar-refractivity contribution in [1.29, 1.82) is 0 Å².